The maximum absolute atomic E-state index is 12.3. The Bertz CT molecular complexity index is 625. The number of rotatable bonds is 4. The molecule has 1 amide bonds. The second-order valence-electron chi connectivity index (χ2n) is 6.76. The number of nitrogens with one attached hydrogen (secondary N) is 1. The summed E-state index contributed by atoms with van der Waals surface area (Å²) in [7, 11) is 0. The Morgan fingerprint density at radius 2 is 1.96 bits per heavy atom. The van der Waals surface area contributed by atoms with Crippen LogP contribution in [0.15, 0.2) is 12.1 Å². The molecule has 0 bridgehead atoms. The number of hydrogen-bond acceptors (Lipinski definition) is 4. The average molecular weight is 316 g/mol. The van der Waals surface area contributed by atoms with Crippen LogP contribution in [-0.4, -0.2) is 31.6 Å². The number of anilines is 2. The number of amides is 1. The van der Waals surface area contributed by atoms with E-state index in [-0.39, 0.29) is 30.9 Å². The van der Waals surface area contributed by atoms with Crippen molar-refractivity contribution in [3.8, 4) is 0 Å². The fourth-order valence-corrected chi connectivity index (χ4v) is 3.15. The summed E-state index contributed by atoms with van der Waals surface area (Å²) in [4.78, 5) is 25.8. The Balaban J connectivity index is 1.81. The molecule has 3 rings (SSSR count). The molecule has 0 saturated carbocycles. The van der Waals surface area contributed by atoms with Crippen LogP contribution in [0.4, 0.5) is 11.4 Å². The predicted molar refractivity (Wildman–Crippen MR) is 89.7 cm³/mol. The van der Waals surface area contributed by atoms with Crippen LogP contribution in [0.3, 0.4) is 0 Å². The van der Waals surface area contributed by atoms with Crippen molar-refractivity contribution in [3.05, 3.63) is 23.3 Å². The third kappa shape index (κ3) is 3.49. The van der Waals surface area contributed by atoms with Gasteiger partial charge in [0.25, 0.3) is 0 Å². The van der Waals surface area contributed by atoms with E-state index in [2.05, 4.69) is 17.4 Å². The molecule has 5 heteroatoms. The van der Waals surface area contributed by atoms with Crippen molar-refractivity contribution in [2.45, 2.75) is 39.5 Å². The molecule has 23 heavy (non-hydrogen) atoms. The summed E-state index contributed by atoms with van der Waals surface area (Å²) in [6.45, 7) is 4.58. The first kappa shape index (κ1) is 15.8. The standard InChI is InChI=1S/C18H24N2O3/c1-12(2)11-23-18(22)10-20-16-8-14-6-4-3-5-13(14)7-15(16)19-9-17(20)21/h7-8,12,19H,3-6,9-11H2,1-2H3. The smallest absolute Gasteiger partial charge is 0.326 e. The Morgan fingerprint density at radius 1 is 1.26 bits per heavy atom. The summed E-state index contributed by atoms with van der Waals surface area (Å²) in [6, 6.07) is 4.21. The van der Waals surface area contributed by atoms with Gasteiger partial charge in [-0.2, -0.15) is 0 Å². The molecule has 5 nitrogen and oxygen atoms in total. The lowest BCUT2D eigenvalue weighted by molar-refractivity contribution is -0.143. The van der Waals surface area contributed by atoms with Crippen LogP contribution in [0.25, 0.3) is 0 Å². The van der Waals surface area contributed by atoms with Gasteiger partial charge in [0.1, 0.15) is 6.54 Å². The highest BCUT2D eigenvalue weighted by Crippen LogP contribution is 2.35. The second kappa shape index (κ2) is 6.60. The van der Waals surface area contributed by atoms with Crippen LogP contribution < -0.4 is 10.2 Å². The molecule has 1 aliphatic carbocycles. The number of benzene rings is 1. The van der Waals surface area contributed by atoms with Crippen molar-refractivity contribution in [1.29, 1.82) is 0 Å². The average Bonchev–Trinajstić information content (AvgIpc) is 2.54. The van der Waals surface area contributed by atoms with Gasteiger partial charge < -0.3 is 10.1 Å². The summed E-state index contributed by atoms with van der Waals surface area (Å²) in [5.41, 5.74) is 4.41. The highest BCUT2D eigenvalue weighted by atomic mass is 16.5. The number of carbonyl (C=O) groups is 2. The molecule has 0 unspecified atom stereocenters. The molecule has 1 aromatic rings. The minimum absolute atomic E-state index is 0.0149. The van der Waals surface area contributed by atoms with E-state index in [9.17, 15) is 9.59 Å². The molecular weight excluding hydrogens is 292 g/mol. The number of fused-ring (bicyclic) bond motifs is 2. The highest BCUT2D eigenvalue weighted by Gasteiger charge is 2.28. The van der Waals surface area contributed by atoms with Crippen LogP contribution in [-0.2, 0) is 27.2 Å². The van der Waals surface area contributed by atoms with Gasteiger partial charge in [0.05, 0.1) is 24.5 Å². The number of nitrogens with zero attached hydrogens (tertiary/aromatic N) is 1. The maximum Gasteiger partial charge on any atom is 0.326 e. The van der Waals surface area contributed by atoms with Gasteiger partial charge in [0.15, 0.2) is 0 Å². The van der Waals surface area contributed by atoms with Crippen molar-refractivity contribution in [2.24, 2.45) is 5.92 Å². The van der Waals surface area contributed by atoms with Gasteiger partial charge in [0.2, 0.25) is 5.91 Å². The lowest BCUT2D eigenvalue weighted by atomic mass is 9.90. The van der Waals surface area contributed by atoms with Gasteiger partial charge >= 0.3 is 5.97 Å². The second-order valence-corrected chi connectivity index (χ2v) is 6.76. The van der Waals surface area contributed by atoms with Crippen molar-refractivity contribution >= 4 is 23.3 Å². The fourth-order valence-electron chi connectivity index (χ4n) is 3.15. The van der Waals surface area contributed by atoms with Crippen LogP contribution in [0, 0.1) is 5.92 Å². The Morgan fingerprint density at radius 3 is 2.65 bits per heavy atom. The van der Waals surface area contributed by atoms with Gasteiger partial charge in [0, 0.05) is 0 Å². The zero-order valence-corrected chi connectivity index (χ0v) is 13.9. The molecule has 0 saturated heterocycles. The molecule has 1 aliphatic heterocycles. The zero-order valence-electron chi connectivity index (χ0n) is 13.9. The normalized spacial score (nSPS) is 16.7. The molecule has 0 radical (unpaired) electrons. The summed E-state index contributed by atoms with van der Waals surface area (Å²) in [6.07, 6.45) is 4.54. The molecule has 0 atom stereocenters. The monoisotopic (exact) mass is 316 g/mol. The van der Waals surface area contributed by atoms with Gasteiger partial charge in [-0.05, 0) is 54.9 Å². The summed E-state index contributed by atoms with van der Waals surface area (Å²) >= 11 is 0. The van der Waals surface area contributed by atoms with Gasteiger partial charge in [-0.25, -0.2) is 0 Å². The molecule has 0 fully saturated rings. The van der Waals surface area contributed by atoms with E-state index in [1.54, 1.807) is 4.90 Å². The first-order chi connectivity index (χ1) is 11.0. The van der Waals surface area contributed by atoms with Crippen molar-refractivity contribution in [3.63, 3.8) is 0 Å². The maximum atomic E-state index is 12.3. The van der Waals surface area contributed by atoms with Crippen molar-refractivity contribution < 1.29 is 14.3 Å². The molecular formula is C18H24N2O3. The van der Waals surface area contributed by atoms with Crippen molar-refractivity contribution in [1.82, 2.24) is 0 Å². The van der Waals surface area contributed by atoms with Crippen molar-refractivity contribution in [2.75, 3.05) is 29.9 Å². The highest BCUT2D eigenvalue weighted by molar-refractivity contribution is 6.05. The Hall–Kier alpha value is -2.04. The van der Waals surface area contributed by atoms with Crippen LogP contribution in [0.1, 0.15) is 37.8 Å². The van der Waals surface area contributed by atoms with E-state index in [0.29, 0.717) is 6.61 Å². The molecule has 0 spiro atoms. The van der Waals surface area contributed by atoms with E-state index < -0.39 is 0 Å². The Labute approximate surface area is 137 Å². The fraction of sp³-hybridized carbons (Fsp3) is 0.556. The van der Waals surface area contributed by atoms with Crippen LogP contribution in [0.2, 0.25) is 0 Å². The molecule has 124 valence electrons. The van der Waals surface area contributed by atoms with E-state index in [4.69, 9.17) is 4.74 Å². The number of ether oxygens (including phenoxy) is 1. The number of esters is 1. The topological polar surface area (TPSA) is 58.6 Å². The lowest BCUT2D eigenvalue weighted by Gasteiger charge is -2.31. The minimum atomic E-state index is -0.349. The zero-order chi connectivity index (χ0) is 16.4. The van der Waals surface area contributed by atoms with Gasteiger partial charge in [-0.3, -0.25) is 14.5 Å². The first-order valence-corrected chi connectivity index (χ1v) is 8.40. The summed E-state index contributed by atoms with van der Waals surface area (Å²) in [5, 5.41) is 3.17. The minimum Gasteiger partial charge on any atom is -0.464 e. The van der Waals surface area contributed by atoms with Gasteiger partial charge in [-0.15, -0.1) is 0 Å². The van der Waals surface area contributed by atoms with E-state index >= 15 is 0 Å². The predicted octanol–water partition coefficient (Wildman–Crippen LogP) is 2.52. The molecule has 0 aromatic heterocycles. The third-order valence-corrected chi connectivity index (χ3v) is 4.35. The van der Waals surface area contributed by atoms with Gasteiger partial charge in [-0.1, -0.05) is 13.8 Å². The number of aryl methyl sites for hydroxylation is 2. The molecule has 1 heterocycles. The van der Waals surface area contributed by atoms with E-state index in [0.717, 1.165) is 24.2 Å². The SMILES string of the molecule is CC(C)COC(=O)CN1C(=O)CNc2cc3c(cc21)CCCC3. The lowest BCUT2D eigenvalue weighted by Crippen LogP contribution is -2.43. The summed E-state index contributed by atoms with van der Waals surface area (Å²) < 4.78 is 5.23. The number of hydrogen-bond donors (Lipinski definition) is 1. The third-order valence-electron chi connectivity index (χ3n) is 4.35. The molecule has 1 N–H and O–H groups in total. The van der Waals surface area contributed by atoms with E-state index in [1.807, 2.05) is 13.8 Å². The summed E-state index contributed by atoms with van der Waals surface area (Å²) in [5.74, 6) is -0.149. The molecule has 1 aromatic carbocycles. The Kier molecular flexibility index (Phi) is 4.55. The quantitative estimate of drug-likeness (QED) is 0.867. The van der Waals surface area contributed by atoms with Crippen LogP contribution >= 0.6 is 0 Å². The molecule has 2 aliphatic rings. The first-order valence-electron chi connectivity index (χ1n) is 8.40. The van der Waals surface area contributed by atoms with Crippen LogP contribution in [0.5, 0.6) is 0 Å². The number of carbonyl (C=O) groups excluding carboxylic acids is 2. The van der Waals surface area contributed by atoms with E-state index in [1.165, 1.54) is 24.0 Å². The largest absolute Gasteiger partial charge is 0.464 e.